The first kappa shape index (κ1) is 26.3. The van der Waals surface area contributed by atoms with Gasteiger partial charge in [-0.1, -0.05) is 63.9 Å². The first-order valence-electron chi connectivity index (χ1n) is 11.8. The van der Waals surface area contributed by atoms with Crippen molar-refractivity contribution in [1.82, 2.24) is 4.31 Å². The molecule has 0 aromatic heterocycles. The van der Waals surface area contributed by atoms with E-state index in [4.69, 9.17) is 11.6 Å². The Morgan fingerprint density at radius 2 is 1.53 bits per heavy atom. The topological polar surface area (TPSA) is 83.5 Å². The predicted octanol–water partition coefficient (Wildman–Crippen LogP) is 6.33. The molecular formula is C29H22BrClN2O4S. The van der Waals surface area contributed by atoms with Gasteiger partial charge in [-0.2, -0.15) is 4.31 Å². The van der Waals surface area contributed by atoms with Crippen LogP contribution in [0.5, 0.6) is 0 Å². The number of hydrogen-bond donors (Lipinski definition) is 1. The fourth-order valence-corrected chi connectivity index (χ4v) is 6.44. The van der Waals surface area contributed by atoms with Crippen LogP contribution in [0.2, 0.25) is 5.02 Å². The minimum atomic E-state index is -3.71. The molecule has 1 aliphatic heterocycles. The Hall–Kier alpha value is -3.30. The molecule has 38 heavy (non-hydrogen) atoms. The van der Waals surface area contributed by atoms with Gasteiger partial charge in [-0.3, -0.25) is 9.59 Å². The van der Waals surface area contributed by atoms with E-state index in [2.05, 4.69) is 21.2 Å². The first-order valence-corrected chi connectivity index (χ1v) is 14.4. The number of ketones is 1. The van der Waals surface area contributed by atoms with E-state index in [1.165, 1.54) is 28.6 Å². The molecule has 6 nitrogen and oxygen atoms in total. The fourth-order valence-electron chi connectivity index (χ4n) is 4.37. The number of carbonyl (C=O) groups is 2. The quantitative estimate of drug-likeness (QED) is 0.259. The number of amides is 1. The monoisotopic (exact) mass is 608 g/mol. The smallest absolute Gasteiger partial charge is 0.255 e. The molecule has 0 saturated carbocycles. The van der Waals surface area contributed by atoms with E-state index in [9.17, 15) is 18.0 Å². The molecule has 4 aromatic carbocycles. The van der Waals surface area contributed by atoms with Crippen molar-refractivity contribution >= 4 is 54.9 Å². The highest BCUT2D eigenvalue weighted by atomic mass is 79.9. The minimum absolute atomic E-state index is 0.129. The summed E-state index contributed by atoms with van der Waals surface area (Å²) in [4.78, 5) is 26.1. The number of anilines is 1. The van der Waals surface area contributed by atoms with Crippen LogP contribution in [0.3, 0.4) is 0 Å². The Labute approximate surface area is 234 Å². The SMILES string of the molecule is O=C(Nc1ccc(Br)c(C(=O)c2ccccc2Cl)c1)c1ccc(S(=O)(=O)N2CCc3ccccc3C2)cc1. The van der Waals surface area contributed by atoms with Gasteiger partial charge in [-0.25, -0.2) is 8.42 Å². The molecule has 1 N–H and O–H groups in total. The molecule has 0 bridgehead atoms. The fraction of sp³-hybridized carbons (Fsp3) is 0.103. The average Bonchev–Trinajstić information content (AvgIpc) is 2.93. The van der Waals surface area contributed by atoms with Gasteiger partial charge in [0.2, 0.25) is 10.0 Å². The third kappa shape index (κ3) is 5.31. The second-order valence-electron chi connectivity index (χ2n) is 8.84. The molecule has 4 aromatic rings. The molecule has 0 spiro atoms. The second-order valence-corrected chi connectivity index (χ2v) is 12.0. The van der Waals surface area contributed by atoms with Gasteiger partial charge >= 0.3 is 0 Å². The Kier molecular flexibility index (Phi) is 7.49. The molecule has 1 aliphatic rings. The highest BCUT2D eigenvalue weighted by Gasteiger charge is 2.28. The molecule has 192 valence electrons. The summed E-state index contributed by atoms with van der Waals surface area (Å²) in [6.07, 6.45) is 0.657. The van der Waals surface area contributed by atoms with Crippen molar-refractivity contribution in [3.05, 3.63) is 128 Å². The number of rotatable bonds is 6. The van der Waals surface area contributed by atoms with Crippen LogP contribution in [0.4, 0.5) is 5.69 Å². The van der Waals surface area contributed by atoms with Gasteiger partial charge in [-0.05, 0) is 72.1 Å². The summed E-state index contributed by atoms with van der Waals surface area (Å²) in [5.74, 6) is -0.715. The van der Waals surface area contributed by atoms with Crippen LogP contribution in [-0.4, -0.2) is 31.0 Å². The van der Waals surface area contributed by atoms with E-state index >= 15 is 0 Å². The molecule has 0 unspecified atom stereocenters. The number of carbonyl (C=O) groups excluding carboxylic acids is 2. The van der Waals surface area contributed by atoms with Crippen LogP contribution in [0.1, 0.15) is 37.4 Å². The first-order chi connectivity index (χ1) is 18.2. The highest BCUT2D eigenvalue weighted by Crippen LogP contribution is 2.28. The summed E-state index contributed by atoms with van der Waals surface area (Å²) in [6.45, 7) is 0.722. The molecule has 0 saturated heterocycles. The Morgan fingerprint density at radius 1 is 0.842 bits per heavy atom. The molecule has 1 heterocycles. The summed E-state index contributed by atoms with van der Waals surface area (Å²) in [5, 5.41) is 3.11. The van der Waals surface area contributed by atoms with E-state index < -0.39 is 15.9 Å². The zero-order valence-electron chi connectivity index (χ0n) is 20.0. The van der Waals surface area contributed by atoms with Crippen molar-refractivity contribution in [2.75, 3.05) is 11.9 Å². The average molecular weight is 610 g/mol. The van der Waals surface area contributed by atoms with Gasteiger partial charge < -0.3 is 5.32 Å². The molecule has 5 rings (SSSR count). The van der Waals surface area contributed by atoms with Crippen LogP contribution in [0, 0.1) is 0 Å². The van der Waals surface area contributed by atoms with Crippen molar-refractivity contribution < 1.29 is 18.0 Å². The molecule has 9 heteroatoms. The lowest BCUT2D eigenvalue weighted by molar-refractivity contribution is 0.102. The Bertz CT molecular complexity index is 1660. The summed E-state index contributed by atoms with van der Waals surface area (Å²) >= 11 is 9.59. The second kappa shape index (κ2) is 10.8. The molecule has 1 amide bonds. The van der Waals surface area contributed by atoms with Crippen LogP contribution in [0.15, 0.2) is 100 Å². The van der Waals surface area contributed by atoms with E-state index in [0.29, 0.717) is 45.8 Å². The zero-order chi connectivity index (χ0) is 26.9. The summed E-state index contributed by atoms with van der Waals surface area (Å²) in [5.41, 5.74) is 3.57. The number of nitrogens with zero attached hydrogens (tertiary/aromatic N) is 1. The molecule has 0 atom stereocenters. The lowest BCUT2D eigenvalue weighted by atomic mass is 10.0. The number of nitrogens with one attached hydrogen (secondary N) is 1. The number of hydrogen-bond acceptors (Lipinski definition) is 4. The van der Waals surface area contributed by atoms with E-state index in [0.717, 1.165) is 11.1 Å². The van der Waals surface area contributed by atoms with Crippen LogP contribution in [0.25, 0.3) is 0 Å². The number of benzene rings is 4. The van der Waals surface area contributed by atoms with Crippen LogP contribution in [-0.2, 0) is 23.0 Å². The Balaban J connectivity index is 1.31. The van der Waals surface area contributed by atoms with Crippen molar-refractivity contribution in [1.29, 1.82) is 0 Å². The van der Waals surface area contributed by atoms with Crippen molar-refractivity contribution in [2.24, 2.45) is 0 Å². The maximum atomic E-state index is 13.2. The van der Waals surface area contributed by atoms with Gasteiger partial charge in [-0.15, -0.1) is 0 Å². The lowest BCUT2D eigenvalue weighted by Crippen LogP contribution is -2.35. The molecule has 0 fully saturated rings. The third-order valence-corrected chi connectivity index (χ3v) is 9.32. The van der Waals surface area contributed by atoms with Gasteiger partial charge in [0.05, 0.1) is 9.92 Å². The van der Waals surface area contributed by atoms with Crippen LogP contribution >= 0.6 is 27.5 Å². The minimum Gasteiger partial charge on any atom is -0.322 e. The molecule has 0 radical (unpaired) electrons. The Morgan fingerprint density at radius 3 is 2.26 bits per heavy atom. The standard InChI is InChI=1S/C29H22BrClN2O4S/c30-26-14-11-22(17-25(26)28(34)24-7-3-4-8-27(24)31)32-29(35)20-9-12-23(13-10-20)38(36,37)33-16-15-19-5-1-2-6-21(19)18-33/h1-14,17H,15-16,18H2,(H,32,35). The number of sulfonamides is 1. The lowest BCUT2D eigenvalue weighted by Gasteiger charge is -2.28. The summed E-state index contributed by atoms with van der Waals surface area (Å²) < 4.78 is 28.5. The third-order valence-electron chi connectivity index (χ3n) is 6.44. The van der Waals surface area contributed by atoms with Gasteiger partial charge in [0.25, 0.3) is 5.91 Å². The predicted molar refractivity (Wildman–Crippen MR) is 151 cm³/mol. The van der Waals surface area contributed by atoms with E-state index in [1.807, 2.05) is 24.3 Å². The summed E-state index contributed by atoms with van der Waals surface area (Å²) in [6, 6.07) is 25.3. The maximum absolute atomic E-state index is 13.2. The van der Waals surface area contributed by atoms with Gasteiger partial charge in [0.15, 0.2) is 5.78 Å². The molecule has 0 aliphatic carbocycles. The van der Waals surface area contributed by atoms with Gasteiger partial charge in [0.1, 0.15) is 0 Å². The molecular weight excluding hydrogens is 588 g/mol. The van der Waals surface area contributed by atoms with Crippen molar-refractivity contribution in [2.45, 2.75) is 17.9 Å². The van der Waals surface area contributed by atoms with Crippen molar-refractivity contribution in [3.8, 4) is 0 Å². The summed E-state index contributed by atoms with van der Waals surface area (Å²) in [7, 11) is -3.71. The van der Waals surface area contributed by atoms with E-state index in [-0.39, 0.29) is 16.2 Å². The normalized spacial score (nSPS) is 13.5. The highest BCUT2D eigenvalue weighted by molar-refractivity contribution is 9.10. The van der Waals surface area contributed by atoms with Gasteiger partial charge in [0, 0.05) is 39.9 Å². The zero-order valence-corrected chi connectivity index (χ0v) is 23.2. The largest absolute Gasteiger partial charge is 0.322 e. The van der Waals surface area contributed by atoms with E-state index in [1.54, 1.807) is 42.5 Å². The van der Waals surface area contributed by atoms with Crippen molar-refractivity contribution in [3.63, 3.8) is 0 Å². The number of halogens is 2. The maximum Gasteiger partial charge on any atom is 0.255 e. The number of fused-ring (bicyclic) bond motifs is 1. The van der Waals surface area contributed by atoms with Crippen LogP contribution < -0.4 is 5.32 Å².